The van der Waals surface area contributed by atoms with Crippen LogP contribution in [0.4, 0.5) is 15.8 Å². The fraction of sp³-hybridized carbons (Fsp3) is 0.316. The predicted octanol–water partition coefficient (Wildman–Crippen LogP) is 4.28. The highest BCUT2D eigenvalue weighted by atomic mass is 35.5. The van der Waals surface area contributed by atoms with Gasteiger partial charge in [-0.05, 0) is 61.7 Å². The zero-order valence-corrected chi connectivity index (χ0v) is 17.2. The molecule has 2 aromatic rings. The molecule has 0 aliphatic carbocycles. The van der Waals surface area contributed by atoms with E-state index in [0.29, 0.717) is 11.4 Å². The number of halogens is 2. The topological polar surface area (TPSA) is 66.5 Å². The molecule has 0 saturated heterocycles. The first-order valence-electron chi connectivity index (χ1n) is 8.37. The molecular formula is C19H22ClFN2O3S. The Kier molecular flexibility index (Phi) is 6.49. The summed E-state index contributed by atoms with van der Waals surface area (Å²) in [5.41, 5.74) is 2.64. The van der Waals surface area contributed by atoms with Gasteiger partial charge < -0.3 is 5.32 Å². The third-order valence-electron chi connectivity index (χ3n) is 4.26. The molecule has 1 atom stereocenters. The zero-order valence-electron chi connectivity index (χ0n) is 15.6. The summed E-state index contributed by atoms with van der Waals surface area (Å²) in [4.78, 5) is 12.8. The van der Waals surface area contributed by atoms with Crippen LogP contribution in [0, 0.1) is 19.7 Å². The second-order valence-electron chi connectivity index (χ2n) is 6.37. The summed E-state index contributed by atoms with van der Waals surface area (Å²) >= 11 is 5.74. The molecule has 0 radical (unpaired) electrons. The fourth-order valence-corrected chi connectivity index (χ4v) is 4.11. The van der Waals surface area contributed by atoms with Crippen LogP contribution in [0.5, 0.6) is 0 Å². The quantitative estimate of drug-likeness (QED) is 0.770. The van der Waals surface area contributed by atoms with Crippen molar-refractivity contribution in [2.45, 2.75) is 33.2 Å². The number of benzene rings is 2. The Morgan fingerprint density at radius 3 is 2.37 bits per heavy atom. The number of rotatable bonds is 6. The van der Waals surface area contributed by atoms with Crippen molar-refractivity contribution in [3.63, 3.8) is 0 Å². The van der Waals surface area contributed by atoms with Crippen LogP contribution in [-0.2, 0) is 14.8 Å². The van der Waals surface area contributed by atoms with E-state index in [4.69, 9.17) is 11.6 Å². The molecule has 0 spiro atoms. The number of hydrogen-bond acceptors (Lipinski definition) is 3. The number of nitrogens with one attached hydrogen (secondary N) is 1. The van der Waals surface area contributed by atoms with Gasteiger partial charge in [-0.1, -0.05) is 24.6 Å². The van der Waals surface area contributed by atoms with E-state index in [9.17, 15) is 17.6 Å². The molecular weight excluding hydrogens is 391 g/mol. The van der Waals surface area contributed by atoms with Gasteiger partial charge in [0, 0.05) is 5.69 Å². The van der Waals surface area contributed by atoms with E-state index in [1.54, 1.807) is 19.1 Å². The minimum Gasteiger partial charge on any atom is -0.324 e. The fourth-order valence-electron chi connectivity index (χ4n) is 2.72. The molecule has 0 aliphatic heterocycles. The van der Waals surface area contributed by atoms with Crippen molar-refractivity contribution >= 4 is 38.9 Å². The predicted molar refractivity (Wildman–Crippen MR) is 107 cm³/mol. The summed E-state index contributed by atoms with van der Waals surface area (Å²) < 4.78 is 39.3. The molecule has 146 valence electrons. The van der Waals surface area contributed by atoms with Gasteiger partial charge in [0.1, 0.15) is 11.9 Å². The van der Waals surface area contributed by atoms with E-state index in [0.717, 1.165) is 27.8 Å². The van der Waals surface area contributed by atoms with Crippen LogP contribution in [0.3, 0.4) is 0 Å². The Morgan fingerprint density at radius 2 is 1.85 bits per heavy atom. The van der Waals surface area contributed by atoms with E-state index in [2.05, 4.69) is 5.32 Å². The lowest BCUT2D eigenvalue weighted by molar-refractivity contribution is -0.117. The molecule has 1 amide bonds. The van der Waals surface area contributed by atoms with Crippen molar-refractivity contribution < 1.29 is 17.6 Å². The maximum Gasteiger partial charge on any atom is 0.248 e. The number of aryl methyl sites for hydroxylation is 2. The summed E-state index contributed by atoms with van der Waals surface area (Å²) in [6, 6.07) is 8.04. The summed E-state index contributed by atoms with van der Waals surface area (Å²) in [6.45, 7) is 5.52. The van der Waals surface area contributed by atoms with Crippen molar-refractivity contribution in [3.05, 3.63) is 58.4 Å². The average Bonchev–Trinajstić information content (AvgIpc) is 2.57. The van der Waals surface area contributed by atoms with Gasteiger partial charge in [0.15, 0.2) is 0 Å². The van der Waals surface area contributed by atoms with Crippen LogP contribution < -0.4 is 9.62 Å². The third-order valence-corrected chi connectivity index (χ3v) is 5.73. The molecule has 0 aliphatic rings. The number of carbonyl (C=O) groups is 1. The number of anilines is 2. The highest BCUT2D eigenvalue weighted by molar-refractivity contribution is 7.92. The SMILES string of the molecule is CC[C@@H](C(=O)Nc1ccc(F)c(Cl)c1)N(c1ccc(C)c(C)c1)S(C)(=O)=O. The van der Waals surface area contributed by atoms with E-state index in [1.807, 2.05) is 19.9 Å². The van der Waals surface area contributed by atoms with E-state index in [1.165, 1.54) is 12.1 Å². The average molecular weight is 413 g/mol. The Hall–Kier alpha value is -2.12. The lowest BCUT2D eigenvalue weighted by Crippen LogP contribution is -2.47. The molecule has 0 unspecified atom stereocenters. The molecule has 5 nitrogen and oxygen atoms in total. The van der Waals surface area contributed by atoms with Crippen molar-refractivity contribution in [1.29, 1.82) is 0 Å². The molecule has 27 heavy (non-hydrogen) atoms. The van der Waals surface area contributed by atoms with Gasteiger partial charge in [-0.15, -0.1) is 0 Å². The van der Waals surface area contributed by atoms with Gasteiger partial charge in [-0.25, -0.2) is 12.8 Å². The van der Waals surface area contributed by atoms with Crippen molar-refractivity contribution in [2.24, 2.45) is 0 Å². The number of carbonyl (C=O) groups excluding carboxylic acids is 1. The largest absolute Gasteiger partial charge is 0.324 e. The standard InChI is InChI=1S/C19H22ClFN2O3S/c1-5-18(19(24)22-14-7-9-17(21)16(20)11-14)23(27(4,25)26)15-8-6-12(2)13(3)10-15/h6-11,18H,5H2,1-4H3,(H,22,24)/t18-/m0/s1. The highest BCUT2D eigenvalue weighted by Crippen LogP contribution is 2.26. The van der Waals surface area contributed by atoms with Crippen molar-refractivity contribution in [2.75, 3.05) is 15.9 Å². The van der Waals surface area contributed by atoms with Gasteiger partial charge in [-0.3, -0.25) is 9.10 Å². The van der Waals surface area contributed by atoms with E-state index < -0.39 is 27.8 Å². The van der Waals surface area contributed by atoms with Gasteiger partial charge in [-0.2, -0.15) is 0 Å². The van der Waals surface area contributed by atoms with Crippen molar-refractivity contribution in [3.8, 4) is 0 Å². The Bertz CT molecular complexity index is 963. The molecule has 2 aromatic carbocycles. The number of nitrogens with zero attached hydrogens (tertiary/aromatic N) is 1. The van der Waals surface area contributed by atoms with Crippen LogP contribution in [0.25, 0.3) is 0 Å². The molecule has 0 aromatic heterocycles. The minimum atomic E-state index is -3.72. The van der Waals surface area contributed by atoms with Crippen LogP contribution in [-0.4, -0.2) is 26.6 Å². The maximum atomic E-state index is 13.3. The summed E-state index contributed by atoms with van der Waals surface area (Å²) in [7, 11) is -3.72. The van der Waals surface area contributed by atoms with Crippen molar-refractivity contribution in [1.82, 2.24) is 0 Å². The zero-order chi connectivity index (χ0) is 20.4. The van der Waals surface area contributed by atoms with Gasteiger partial charge in [0.05, 0.1) is 17.0 Å². The van der Waals surface area contributed by atoms with Gasteiger partial charge >= 0.3 is 0 Å². The first-order chi connectivity index (χ1) is 12.5. The third kappa shape index (κ3) is 4.99. The summed E-state index contributed by atoms with van der Waals surface area (Å²) in [5.74, 6) is -1.13. The molecule has 1 N–H and O–H groups in total. The monoisotopic (exact) mass is 412 g/mol. The molecule has 2 rings (SSSR count). The van der Waals surface area contributed by atoms with Gasteiger partial charge in [0.25, 0.3) is 0 Å². The van der Waals surface area contributed by atoms with E-state index >= 15 is 0 Å². The van der Waals surface area contributed by atoms with Crippen LogP contribution in [0.2, 0.25) is 5.02 Å². The lowest BCUT2D eigenvalue weighted by Gasteiger charge is -2.30. The first kappa shape index (κ1) is 21.2. The normalized spacial score (nSPS) is 12.5. The number of sulfonamides is 1. The molecule has 0 bridgehead atoms. The minimum absolute atomic E-state index is 0.130. The maximum absolute atomic E-state index is 13.3. The number of hydrogen-bond donors (Lipinski definition) is 1. The summed E-state index contributed by atoms with van der Waals surface area (Å²) in [5, 5.41) is 2.48. The number of amides is 1. The molecule has 0 saturated carbocycles. The van der Waals surface area contributed by atoms with Crippen LogP contribution >= 0.6 is 11.6 Å². The summed E-state index contributed by atoms with van der Waals surface area (Å²) in [6.07, 6.45) is 1.31. The van der Waals surface area contributed by atoms with Crippen LogP contribution in [0.15, 0.2) is 36.4 Å². The van der Waals surface area contributed by atoms with Gasteiger partial charge in [0.2, 0.25) is 15.9 Å². The van der Waals surface area contributed by atoms with E-state index in [-0.39, 0.29) is 11.4 Å². The second-order valence-corrected chi connectivity index (χ2v) is 8.64. The lowest BCUT2D eigenvalue weighted by atomic mass is 10.1. The molecule has 8 heteroatoms. The highest BCUT2D eigenvalue weighted by Gasteiger charge is 2.31. The molecule has 0 heterocycles. The van der Waals surface area contributed by atoms with Crippen LogP contribution in [0.1, 0.15) is 24.5 Å². The second kappa shape index (κ2) is 8.27. The first-order valence-corrected chi connectivity index (χ1v) is 10.6. The Labute approximate surface area is 164 Å². The smallest absolute Gasteiger partial charge is 0.248 e. The Balaban J connectivity index is 2.40. The Morgan fingerprint density at radius 1 is 1.19 bits per heavy atom. The molecule has 0 fully saturated rings.